The van der Waals surface area contributed by atoms with Crippen molar-refractivity contribution >= 4 is 6.03 Å². The van der Waals surface area contributed by atoms with Crippen LogP contribution >= 0.6 is 0 Å². The Kier molecular flexibility index (Phi) is 6.96. The standard InChI is InChI=1S/C17H24F3N3O3/c1-25-14-4-3-12(15(9-14)26-2)5-7-21-16(24)22-13-6-8-23(10-13)11-17(18,19)20/h3-4,9,13H,5-8,10-11H2,1-2H3,(H2,21,22,24)/t13-/m0/s1. The lowest BCUT2D eigenvalue weighted by atomic mass is 10.1. The van der Waals surface area contributed by atoms with Crippen molar-refractivity contribution in [2.45, 2.75) is 25.1 Å². The van der Waals surface area contributed by atoms with Crippen molar-refractivity contribution in [2.24, 2.45) is 0 Å². The first-order valence-electron chi connectivity index (χ1n) is 8.35. The van der Waals surface area contributed by atoms with E-state index in [4.69, 9.17) is 9.47 Å². The highest BCUT2D eigenvalue weighted by Gasteiger charge is 2.34. The molecule has 1 aromatic rings. The molecular weight excluding hydrogens is 351 g/mol. The predicted octanol–water partition coefficient (Wildman–Crippen LogP) is 2.18. The molecule has 6 nitrogen and oxygen atoms in total. The fraction of sp³-hybridized carbons (Fsp3) is 0.588. The number of ether oxygens (including phenoxy) is 2. The topological polar surface area (TPSA) is 62.8 Å². The third-order valence-electron chi connectivity index (χ3n) is 4.18. The summed E-state index contributed by atoms with van der Waals surface area (Å²) in [4.78, 5) is 13.2. The zero-order valence-corrected chi connectivity index (χ0v) is 14.9. The van der Waals surface area contributed by atoms with Gasteiger partial charge < -0.3 is 20.1 Å². The van der Waals surface area contributed by atoms with Crippen LogP contribution in [0.4, 0.5) is 18.0 Å². The molecule has 146 valence electrons. The molecule has 1 aliphatic heterocycles. The molecule has 9 heteroatoms. The number of likely N-dealkylation sites (tertiary alicyclic amines) is 1. The number of carbonyl (C=O) groups is 1. The second kappa shape index (κ2) is 8.98. The molecule has 1 saturated heterocycles. The van der Waals surface area contributed by atoms with E-state index in [9.17, 15) is 18.0 Å². The highest BCUT2D eigenvalue weighted by atomic mass is 19.4. The fourth-order valence-electron chi connectivity index (χ4n) is 2.95. The molecule has 2 N–H and O–H groups in total. The summed E-state index contributed by atoms with van der Waals surface area (Å²) in [5.41, 5.74) is 0.922. The lowest BCUT2D eigenvalue weighted by Gasteiger charge is -2.18. The molecule has 1 fully saturated rings. The molecule has 0 unspecified atom stereocenters. The average molecular weight is 375 g/mol. The van der Waals surface area contributed by atoms with Gasteiger partial charge in [0.2, 0.25) is 0 Å². The van der Waals surface area contributed by atoms with Crippen LogP contribution in [0.2, 0.25) is 0 Å². The minimum Gasteiger partial charge on any atom is -0.497 e. The number of halogens is 3. The Labute approximate surface area is 150 Å². The van der Waals surface area contributed by atoms with Gasteiger partial charge in [0.15, 0.2) is 0 Å². The van der Waals surface area contributed by atoms with E-state index in [1.807, 2.05) is 12.1 Å². The Morgan fingerprint density at radius 1 is 1.31 bits per heavy atom. The second-order valence-corrected chi connectivity index (χ2v) is 6.16. The third kappa shape index (κ3) is 6.29. The average Bonchev–Trinajstić information content (AvgIpc) is 2.99. The molecule has 26 heavy (non-hydrogen) atoms. The smallest absolute Gasteiger partial charge is 0.401 e. The zero-order valence-electron chi connectivity index (χ0n) is 14.9. The number of hydrogen-bond donors (Lipinski definition) is 2. The number of methoxy groups -OCH3 is 2. The summed E-state index contributed by atoms with van der Waals surface area (Å²) in [5, 5.41) is 5.44. The summed E-state index contributed by atoms with van der Waals surface area (Å²) in [6, 6.07) is 4.79. The summed E-state index contributed by atoms with van der Waals surface area (Å²) >= 11 is 0. The van der Waals surface area contributed by atoms with Gasteiger partial charge in [0.1, 0.15) is 11.5 Å². The van der Waals surface area contributed by atoms with Crippen molar-refractivity contribution in [2.75, 3.05) is 40.4 Å². The van der Waals surface area contributed by atoms with E-state index >= 15 is 0 Å². The second-order valence-electron chi connectivity index (χ2n) is 6.16. The Morgan fingerprint density at radius 3 is 2.73 bits per heavy atom. The Hall–Kier alpha value is -2.16. The molecule has 2 rings (SSSR count). The van der Waals surface area contributed by atoms with Crippen LogP contribution in [0, 0.1) is 0 Å². The van der Waals surface area contributed by atoms with Crippen LogP contribution in [0.15, 0.2) is 18.2 Å². The van der Waals surface area contributed by atoms with Gasteiger partial charge >= 0.3 is 12.2 Å². The van der Waals surface area contributed by atoms with Gasteiger partial charge in [-0.2, -0.15) is 13.2 Å². The van der Waals surface area contributed by atoms with Crippen LogP contribution < -0.4 is 20.1 Å². The van der Waals surface area contributed by atoms with Crippen LogP contribution in [0.5, 0.6) is 11.5 Å². The van der Waals surface area contributed by atoms with Gasteiger partial charge in [-0.15, -0.1) is 0 Å². The van der Waals surface area contributed by atoms with Crippen molar-refractivity contribution in [1.29, 1.82) is 0 Å². The lowest BCUT2D eigenvalue weighted by molar-refractivity contribution is -0.143. The monoisotopic (exact) mass is 375 g/mol. The minimum absolute atomic E-state index is 0.208. The molecule has 0 radical (unpaired) electrons. The van der Waals surface area contributed by atoms with E-state index in [1.165, 1.54) is 4.90 Å². The number of alkyl halides is 3. The first kappa shape index (κ1) is 20.2. The lowest BCUT2D eigenvalue weighted by Crippen LogP contribution is -2.44. The van der Waals surface area contributed by atoms with Gasteiger partial charge in [-0.1, -0.05) is 6.07 Å². The number of hydrogen-bond acceptors (Lipinski definition) is 4. The molecule has 1 atom stereocenters. The van der Waals surface area contributed by atoms with Crippen LogP contribution in [0.1, 0.15) is 12.0 Å². The van der Waals surface area contributed by atoms with E-state index in [0.29, 0.717) is 37.4 Å². The first-order chi connectivity index (χ1) is 12.3. The van der Waals surface area contributed by atoms with Gasteiger partial charge in [0, 0.05) is 31.7 Å². The van der Waals surface area contributed by atoms with Gasteiger partial charge in [0.05, 0.1) is 20.8 Å². The Balaban J connectivity index is 1.73. The van der Waals surface area contributed by atoms with Crippen LogP contribution in [-0.2, 0) is 6.42 Å². The normalized spacial score (nSPS) is 17.8. The first-order valence-corrected chi connectivity index (χ1v) is 8.35. The molecular formula is C17H24F3N3O3. The number of nitrogens with zero attached hydrogens (tertiary/aromatic N) is 1. The van der Waals surface area contributed by atoms with Gasteiger partial charge in [-0.05, 0) is 24.5 Å². The summed E-state index contributed by atoms with van der Waals surface area (Å²) in [7, 11) is 3.13. The van der Waals surface area contributed by atoms with E-state index in [2.05, 4.69) is 10.6 Å². The minimum atomic E-state index is -4.21. The zero-order chi connectivity index (χ0) is 19.2. The number of urea groups is 1. The fourth-order valence-corrected chi connectivity index (χ4v) is 2.95. The van der Waals surface area contributed by atoms with E-state index in [-0.39, 0.29) is 18.6 Å². The summed E-state index contributed by atoms with van der Waals surface area (Å²) < 4.78 is 47.6. The van der Waals surface area contributed by atoms with Crippen molar-refractivity contribution in [3.8, 4) is 11.5 Å². The number of carbonyl (C=O) groups excluding carboxylic acids is 1. The summed E-state index contributed by atoms with van der Waals surface area (Å²) in [5.74, 6) is 1.35. The van der Waals surface area contributed by atoms with Gasteiger partial charge in [0.25, 0.3) is 0 Å². The molecule has 0 bridgehead atoms. The van der Waals surface area contributed by atoms with E-state index in [1.54, 1.807) is 20.3 Å². The molecule has 0 aromatic heterocycles. The molecule has 1 heterocycles. The molecule has 1 aliphatic rings. The quantitative estimate of drug-likeness (QED) is 0.767. The van der Waals surface area contributed by atoms with Crippen LogP contribution in [0.25, 0.3) is 0 Å². The van der Waals surface area contributed by atoms with Gasteiger partial charge in [-0.3, -0.25) is 4.90 Å². The van der Waals surface area contributed by atoms with Crippen molar-refractivity contribution < 1.29 is 27.4 Å². The Morgan fingerprint density at radius 2 is 2.08 bits per heavy atom. The van der Waals surface area contributed by atoms with Gasteiger partial charge in [-0.25, -0.2) is 4.79 Å². The van der Waals surface area contributed by atoms with Crippen molar-refractivity contribution in [3.05, 3.63) is 23.8 Å². The maximum absolute atomic E-state index is 12.4. The van der Waals surface area contributed by atoms with E-state index in [0.717, 1.165) is 5.56 Å². The maximum atomic E-state index is 12.4. The summed E-state index contributed by atoms with van der Waals surface area (Å²) in [6.07, 6.45) is -3.14. The molecule has 0 aliphatic carbocycles. The number of nitrogens with one attached hydrogen (secondary N) is 2. The third-order valence-corrected chi connectivity index (χ3v) is 4.18. The summed E-state index contributed by atoms with van der Waals surface area (Å²) in [6.45, 7) is -0.0235. The van der Waals surface area contributed by atoms with Crippen molar-refractivity contribution in [3.63, 3.8) is 0 Å². The highest BCUT2D eigenvalue weighted by Crippen LogP contribution is 2.24. The molecule has 0 saturated carbocycles. The van der Waals surface area contributed by atoms with Crippen molar-refractivity contribution in [1.82, 2.24) is 15.5 Å². The predicted molar refractivity (Wildman–Crippen MR) is 90.7 cm³/mol. The number of rotatable bonds is 7. The highest BCUT2D eigenvalue weighted by molar-refractivity contribution is 5.74. The molecule has 1 aromatic carbocycles. The van der Waals surface area contributed by atoms with Crippen LogP contribution in [-0.4, -0.2) is 63.5 Å². The SMILES string of the molecule is COc1ccc(CCNC(=O)N[C@H]2CCN(CC(F)(F)F)C2)c(OC)c1. The largest absolute Gasteiger partial charge is 0.497 e. The maximum Gasteiger partial charge on any atom is 0.401 e. The molecule has 0 spiro atoms. The number of benzene rings is 1. The number of amides is 2. The Bertz CT molecular complexity index is 611. The molecule has 2 amide bonds. The van der Waals surface area contributed by atoms with Crippen LogP contribution in [0.3, 0.4) is 0 Å². The van der Waals surface area contributed by atoms with E-state index < -0.39 is 12.7 Å².